The van der Waals surface area contributed by atoms with Gasteiger partial charge in [-0.15, -0.1) is 0 Å². The summed E-state index contributed by atoms with van der Waals surface area (Å²) in [7, 11) is 0. The Morgan fingerprint density at radius 3 is 2.52 bits per heavy atom. The predicted octanol–water partition coefficient (Wildman–Crippen LogP) is 3.16. The minimum absolute atomic E-state index is 0.143. The van der Waals surface area contributed by atoms with Gasteiger partial charge in [-0.1, -0.05) is 18.0 Å². The summed E-state index contributed by atoms with van der Waals surface area (Å²) in [6.45, 7) is 3.03. The summed E-state index contributed by atoms with van der Waals surface area (Å²) < 4.78 is 38.7. The zero-order chi connectivity index (χ0) is 17.0. The number of likely N-dealkylation sites (tertiary alicyclic amines) is 1. The Labute approximate surface area is 137 Å². The molecule has 1 amide bonds. The highest BCUT2D eigenvalue weighted by atomic mass is 35.5. The molecular formula is C15H19ClF3N3O. The van der Waals surface area contributed by atoms with Crippen molar-refractivity contribution in [3.8, 4) is 0 Å². The van der Waals surface area contributed by atoms with Gasteiger partial charge in [0.15, 0.2) is 0 Å². The lowest BCUT2D eigenvalue weighted by atomic mass is 10.1. The third-order valence-electron chi connectivity index (χ3n) is 3.86. The standard InChI is InChI=1S/C15H19ClF3N3O/c16-12-9-10(8-11(13(12)20)15(17,18)19)14(23)21-4-7-22-5-2-1-3-6-22/h8-9H,1-7,20H2,(H,21,23). The lowest BCUT2D eigenvalue weighted by Crippen LogP contribution is -2.37. The number of carbonyl (C=O) groups excluding carboxylic acids is 1. The number of nitrogens with zero attached hydrogens (tertiary/aromatic N) is 1. The second-order valence-corrected chi connectivity index (χ2v) is 5.98. The highest BCUT2D eigenvalue weighted by Gasteiger charge is 2.34. The van der Waals surface area contributed by atoms with Crippen LogP contribution in [0.15, 0.2) is 12.1 Å². The summed E-state index contributed by atoms with van der Waals surface area (Å²) in [6, 6.07) is 1.89. The molecule has 1 aromatic rings. The monoisotopic (exact) mass is 349 g/mol. The van der Waals surface area contributed by atoms with Crippen molar-refractivity contribution in [2.75, 3.05) is 31.9 Å². The molecule has 0 unspecified atom stereocenters. The van der Waals surface area contributed by atoms with Gasteiger partial charge in [0, 0.05) is 18.7 Å². The van der Waals surface area contributed by atoms with Crippen LogP contribution in [0.5, 0.6) is 0 Å². The van der Waals surface area contributed by atoms with E-state index in [1.165, 1.54) is 6.42 Å². The number of hydrogen-bond donors (Lipinski definition) is 2. The minimum atomic E-state index is -4.65. The van der Waals surface area contributed by atoms with Gasteiger partial charge in [-0.2, -0.15) is 13.2 Å². The van der Waals surface area contributed by atoms with Crippen molar-refractivity contribution >= 4 is 23.2 Å². The highest BCUT2D eigenvalue weighted by molar-refractivity contribution is 6.33. The number of alkyl halides is 3. The van der Waals surface area contributed by atoms with Crippen molar-refractivity contribution in [1.29, 1.82) is 0 Å². The highest BCUT2D eigenvalue weighted by Crippen LogP contribution is 2.37. The zero-order valence-corrected chi connectivity index (χ0v) is 13.3. The second-order valence-electron chi connectivity index (χ2n) is 5.58. The van der Waals surface area contributed by atoms with Gasteiger partial charge in [0.05, 0.1) is 16.3 Å². The van der Waals surface area contributed by atoms with E-state index >= 15 is 0 Å². The number of hydrogen-bond acceptors (Lipinski definition) is 3. The van der Waals surface area contributed by atoms with Crippen LogP contribution >= 0.6 is 11.6 Å². The molecule has 0 saturated carbocycles. The Balaban J connectivity index is 2.00. The van der Waals surface area contributed by atoms with Crippen LogP contribution in [-0.2, 0) is 6.18 Å². The van der Waals surface area contributed by atoms with Gasteiger partial charge in [-0.3, -0.25) is 4.79 Å². The third-order valence-corrected chi connectivity index (χ3v) is 4.17. The molecule has 4 nitrogen and oxygen atoms in total. The SMILES string of the molecule is Nc1c(Cl)cc(C(=O)NCCN2CCCCC2)cc1C(F)(F)F. The molecule has 2 rings (SSSR count). The lowest BCUT2D eigenvalue weighted by molar-refractivity contribution is -0.136. The number of nitrogen functional groups attached to an aromatic ring is 1. The van der Waals surface area contributed by atoms with Crippen LogP contribution in [0.4, 0.5) is 18.9 Å². The Bertz CT molecular complexity index is 572. The summed E-state index contributed by atoms with van der Waals surface area (Å²) >= 11 is 5.71. The van der Waals surface area contributed by atoms with Crippen LogP contribution in [-0.4, -0.2) is 37.0 Å². The molecule has 3 N–H and O–H groups in total. The smallest absolute Gasteiger partial charge is 0.397 e. The van der Waals surface area contributed by atoms with Crippen molar-refractivity contribution < 1.29 is 18.0 Å². The van der Waals surface area contributed by atoms with Crippen molar-refractivity contribution in [2.45, 2.75) is 25.4 Å². The molecule has 1 saturated heterocycles. The maximum Gasteiger partial charge on any atom is 0.418 e. The van der Waals surface area contributed by atoms with Crippen molar-refractivity contribution in [1.82, 2.24) is 10.2 Å². The van der Waals surface area contributed by atoms with E-state index in [1.54, 1.807) is 0 Å². The first-order valence-electron chi connectivity index (χ1n) is 7.46. The van der Waals surface area contributed by atoms with Crippen molar-refractivity contribution in [3.63, 3.8) is 0 Å². The molecule has 1 aliphatic rings. The Morgan fingerprint density at radius 1 is 1.26 bits per heavy atom. The van der Waals surface area contributed by atoms with Crippen LogP contribution in [0.1, 0.15) is 35.2 Å². The molecule has 128 valence electrons. The van der Waals surface area contributed by atoms with E-state index in [0.29, 0.717) is 13.1 Å². The maximum atomic E-state index is 12.9. The van der Waals surface area contributed by atoms with E-state index in [2.05, 4.69) is 10.2 Å². The molecule has 0 bridgehead atoms. The Hall–Kier alpha value is -1.47. The summed E-state index contributed by atoms with van der Waals surface area (Å²) in [5.41, 5.74) is 3.54. The number of anilines is 1. The van der Waals surface area contributed by atoms with E-state index in [9.17, 15) is 18.0 Å². The zero-order valence-electron chi connectivity index (χ0n) is 12.5. The number of nitrogens with two attached hydrogens (primary N) is 1. The molecule has 1 fully saturated rings. The van der Waals surface area contributed by atoms with E-state index in [0.717, 1.165) is 38.1 Å². The topological polar surface area (TPSA) is 58.4 Å². The number of halogens is 4. The van der Waals surface area contributed by atoms with Crippen molar-refractivity contribution in [2.24, 2.45) is 0 Å². The van der Waals surface area contributed by atoms with Gasteiger partial charge < -0.3 is 16.0 Å². The summed E-state index contributed by atoms with van der Waals surface area (Å²) in [5, 5.41) is 2.35. The van der Waals surface area contributed by atoms with E-state index < -0.39 is 23.3 Å². The fourth-order valence-corrected chi connectivity index (χ4v) is 2.82. The van der Waals surface area contributed by atoms with Gasteiger partial charge in [0.2, 0.25) is 0 Å². The molecule has 0 atom stereocenters. The van der Waals surface area contributed by atoms with E-state index in [4.69, 9.17) is 17.3 Å². The molecule has 23 heavy (non-hydrogen) atoms. The molecule has 0 spiro atoms. The van der Waals surface area contributed by atoms with Crippen molar-refractivity contribution in [3.05, 3.63) is 28.3 Å². The number of rotatable bonds is 4. The molecule has 8 heteroatoms. The van der Waals surface area contributed by atoms with Crippen LogP contribution in [0.3, 0.4) is 0 Å². The number of nitrogens with one attached hydrogen (secondary N) is 1. The first-order chi connectivity index (χ1) is 10.8. The fraction of sp³-hybridized carbons (Fsp3) is 0.533. The first kappa shape index (κ1) is 17.9. The summed E-state index contributed by atoms with van der Waals surface area (Å²) in [6.07, 6.45) is -1.17. The van der Waals surface area contributed by atoms with Crippen LogP contribution < -0.4 is 11.1 Å². The average Bonchev–Trinajstić information content (AvgIpc) is 2.49. The van der Waals surface area contributed by atoms with Crippen LogP contribution in [0.2, 0.25) is 5.02 Å². The second kappa shape index (κ2) is 7.40. The Kier molecular flexibility index (Phi) is 5.75. The number of piperidine rings is 1. The normalized spacial score (nSPS) is 16.3. The predicted molar refractivity (Wildman–Crippen MR) is 83.5 cm³/mol. The van der Waals surface area contributed by atoms with Gasteiger partial charge in [-0.05, 0) is 38.1 Å². The Morgan fingerprint density at radius 2 is 1.91 bits per heavy atom. The molecule has 0 aromatic heterocycles. The minimum Gasteiger partial charge on any atom is -0.397 e. The fourth-order valence-electron chi connectivity index (χ4n) is 2.60. The molecule has 1 heterocycles. The third kappa shape index (κ3) is 4.75. The first-order valence-corrected chi connectivity index (χ1v) is 7.83. The molecule has 0 radical (unpaired) electrons. The van der Waals surface area contributed by atoms with Crippen LogP contribution in [0.25, 0.3) is 0 Å². The van der Waals surface area contributed by atoms with Gasteiger partial charge in [0.25, 0.3) is 5.91 Å². The average molecular weight is 350 g/mol. The number of benzene rings is 1. The van der Waals surface area contributed by atoms with E-state index in [1.807, 2.05) is 0 Å². The largest absolute Gasteiger partial charge is 0.418 e. The van der Waals surface area contributed by atoms with Gasteiger partial charge >= 0.3 is 6.18 Å². The maximum absolute atomic E-state index is 12.9. The molecule has 1 aromatic carbocycles. The van der Waals surface area contributed by atoms with Gasteiger partial charge in [-0.25, -0.2) is 0 Å². The number of amides is 1. The lowest BCUT2D eigenvalue weighted by Gasteiger charge is -2.26. The summed E-state index contributed by atoms with van der Waals surface area (Å²) in [4.78, 5) is 14.3. The van der Waals surface area contributed by atoms with Crippen LogP contribution in [0, 0.1) is 0 Å². The molecular weight excluding hydrogens is 331 g/mol. The number of carbonyl (C=O) groups is 1. The van der Waals surface area contributed by atoms with E-state index in [-0.39, 0.29) is 10.6 Å². The summed E-state index contributed by atoms with van der Waals surface area (Å²) in [5.74, 6) is -0.589. The quantitative estimate of drug-likeness (QED) is 0.821. The van der Waals surface area contributed by atoms with Gasteiger partial charge in [0.1, 0.15) is 0 Å². The molecule has 0 aliphatic carbocycles. The molecule has 1 aliphatic heterocycles.